The maximum absolute atomic E-state index is 5.29. The minimum atomic E-state index is 0.384. The van der Waals surface area contributed by atoms with Crippen molar-refractivity contribution in [2.45, 2.75) is 12.3 Å². The largest absolute Gasteiger partial charge is 0.337 e. The Morgan fingerprint density at radius 2 is 2.20 bits per heavy atom. The van der Waals surface area contributed by atoms with E-state index in [0.717, 1.165) is 6.32 Å². The van der Waals surface area contributed by atoms with E-state index in [1.807, 2.05) is 7.17 Å². The van der Waals surface area contributed by atoms with Crippen LogP contribution in [0.1, 0.15) is 0 Å². The lowest BCUT2D eigenvalue weighted by Crippen LogP contribution is -2.42. The highest BCUT2D eigenvalue weighted by Gasteiger charge is 2.12. The van der Waals surface area contributed by atoms with E-state index in [1.54, 1.807) is 0 Å². The predicted molar refractivity (Wildman–Crippen MR) is 24.3 cm³/mol. The normalized spacial score (nSPS) is 33.4. The van der Waals surface area contributed by atoms with Gasteiger partial charge in [0, 0.05) is 0 Å². The standard InChI is InChI=1S/C2H5B2N/c5-2-1-3-4-2/h2H,1,5H2. The Morgan fingerprint density at radius 3 is 2.20 bits per heavy atom. The summed E-state index contributed by atoms with van der Waals surface area (Å²) in [6.07, 6.45) is 1.08. The van der Waals surface area contributed by atoms with E-state index in [9.17, 15) is 0 Å². The lowest BCUT2D eigenvalue weighted by Gasteiger charge is -2.16. The quantitative estimate of drug-likeness (QED) is 0.361. The van der Waals surface area contributed by atoms with Crippen molar-refractivity contribution in [1.29, 1.82) is 0 Å². The zero-order valence-electron chi connectivity index (χ0n) is 3.02. The first-order chi connectivity index (χ1) is 2.39. The monoisotopic (exact) mass is 65.1 g/mol. The van der Waals surface area contributed by atoms with E-state index in [-0.39, 0.29) is 0 Å². The molecule has 1 nitrogen and oxygen atoms in total. The van der Waals surface area contributed by atoms with Crippen molar-refractivity contribution in [2.24, 2.45) is 5.73 Å². The Hall–Kier alpha value is 0.0899. The summed E-state index contributed by atoms with van der Waals surface area (Å²) in [5, 5.41) is 0. The molecule has 0 aromatic carbocycles. The lowest BCUT2D eigenvalue weighted by atomic mass is 9.22. The predicted octanol–water partition coefficient (Wildman–Crippen LogP) is -0.974. The summed E-state index contributed by atoms with van der Waals surface area (Å²) in [7, 11) is 4.07. The molecule has 1 aliphatic heterocycles. The molecule has 24 valence electrons. The minimum absolute atomic E-state index is 0.384. The molecule has 2 radical (unpaired) electrons. The highest BCUT2D eigenvalue weighted by Crippen LogP contribution is 1.94. The van der Waals surface area contributed by atoms with E-state index in [4.69, 9.17) is 5.73 Å². The Morgan fingerprint density at radius 1 is 1.80 bits per heavy atom. The number of hydrogen-bond acceptors (Lipinski definition) is 1. The van der Waals surface area contributed by atoms with E-state index < -0.39 is 0 Å². The third-order valence-electron chi connectivity index (χ3n) is 0.792. The van der Waals surface area contributed by atoms with Gasteiger partial charge in [0.1, 0.15) is 0 Å². The van der Waals surface area contributed by atoms with E-state index in [0.29, 0.717) is 5.94 Å². The molecular weight excluding hydrogens is 59.7 g/mol. The van der Waals surface area contributed by atoms with Gasteiger partial charge < -0.3 is 5.73 Å². The van der Waals surface area contributed by atoms with Crippen LogP contribution >= 0.6 is 0 Å². The smallest absolute Gasteiger partial charge is 0.0871 e. The molecular formula is C2H5B2N. The molecule has 3 heteroatoms. The van der Waals surface area contributed by atoms with Crippen molar-refractivity contribution in [3.8, 4) is 0 Å². The van der Waals surface area contributed by atoms with Crippen LogP contribution in [0.3, 0.4) is 0 Å². The van der Waals surface area contributed by atoms with Crippen LogP contribution in [0, 0.1) is 0 Å². The molecule has 1 saturated heterocycles. The average Bonchev–Trinajstić information content (AvgIpc) is 1.30. The van der Waals surface area contributed by atoms with Crippen molar-refractivity contribution in [2.75, 3.05) is 0 Å². The van der Waals surface area contributed by atoms with E-state index >= 15 is 0 Å². The van der Waals surface area contributed by atoms with Gasteiger partial charge in [-0.1, -0.05) is 6.32 Å². The van der Waals surface area contributed by atoms with Crippen LogP contribution in [-0.2, 0) is 0 Å². The fourth-order valence-electron chi connectivity index (χ4n) is 0.293. The minimum Gasteiger partial charge on any atom is -0.337 e. The SMILES string of the molecule is NC1[B][B]C1. The molecule has 0 aliphatic carbocycles. The number of hydrogen-bond donors (Lipinski definition) is 1. The molecule has 1 heterocycles. The van der Waals surface area contributed by atoms with E-state index in [1.165, 1.54) is 0 Å². The Labute approximate surface area is 33.4 Å². The Bertz CT molecular complexity index is 34.6. The van der Waals surface area contributed by atoms with Gasteiger partial charge in [-0.2, -0.15) is 0 Å². The molecule has 2 N–H and O–H groups in total. The first kappa shape index (κ1) is 3.29. The first-order valence-corrected chi connectivity index (χ1v) is 1.82. The summed E-state index contributed by atoms with van der Waals surface area (Å²) in [5.74, 6) is 0.384. The zero-order chi connectivity index (χ0) is 3.70. The van der Waals surface area contributed by atoms with Crippen LogP contribution in [0.2, 0.25) is 6.32 Å². The van der Waals surface area contributed by atoms with Gasteiger partial charge in [0.2, 0.25) is 0 Å². The van der Waals surface area contributed by atoms with Crippen LogP contribution in [-0.4, -0.2) is 20.3 Å². The lowest BCUT2D eigenvalue weighted by molar-refractivity contribution is 0.990. The van der Waals surface area contributed by atoms with E-state index in [2.05, 4.69) is 7.17 Å². The van der Waals surface area contributed by atoms with Crippen LogP contribution in [0.4, 0.5) is 0 Å². The summed E-state index contributed by atoms with van der Waals surface area (Å²) >= 11 is 0. The van der Waals surface area contributed by atoms with Gasteiger partial charge in [-0.05, 0) is 5.94 Å². The Kier molecular flexibility index (Phi) is 0.692. The van der Waals surface area contributed by atoms with Crippen molar-refractivity contribution in [3.63, 3.8) is 0 Å². The second-order valence-corrected chi connectivity index (χ2v) is 1.33. The van der Waals surface area contributed by atoms with Gasteiger partial charge in [-0.15, -0.1) is 0 Å². The highest BCUT2D eigenvalue weighted by molar-refractivity contribution is 7.06. The summed E-state index contributed by atoms with van der Waals surface area (Å²) in [5.41, 5.74) is 5.29. The molecule has 1 fully saturated rings. The maximum atomic E-state index is 5.29. The summed E-state index contributed by atoms with van der Waals surface area (Å²) in [6, 6.07) is 0. The number of nitrogens with two attached hydrogens (primary N) is 1. The van der Waals surface area contributed by atoms with Gasteiger partial charge in [-0.3, -0.25) is 0 Å². The van der Waals surface area contributed by atoms with Crippen LogP contribution in [0.5, 0.6) is 0 Å². The summed E-state index contributed by atoms with van der Waals surface area (Å²) in [4.78, 5) is 0. The summed E-state index contributed by atoms with van der Waals surface area (Å²) in [6.45, 7) is 0. The molecule has 0 aromatic rings. The highest BCUT2D eigenvalue weighted by atomic mass is 14.6. The Balaban J connectivity index is 2.08. The van der Waals surface area contributed by atoms with Crippen molar-refractivity contribution < 1.29 is 0 Å². The molecule has 0 aromatic heterocycles. The van der Waals surface area contributed by atoms with Gasteiger partial charge >= 0.3 is 0 Å². The molecule has 0 saturated carbocycles. The maximum Gasteiger partial charge on any atom is 0.0871 e. The molecule has 0 spiro atoms. The van der Waals surface area contributed by atoms with Crippen LogP contribution < -0.4 is 5.73 Å². The fraction of sp³-hybridized carbons (Fsp3) is 1.00. The average molecular weight is 64.7 g/mol. The zero-order valence-corrected chi connectivity index (χ0v) is 3.02. The van der Waals surface area contributed by atoms with Gasteiger partial charge in [0.15, 0.2) is 0 Å². The van der Waals surface area contributed by atoms with Crippen LogP contribution in [0.25, 0.3) is 0 Å². The second kappa shape index (κ2) is 1.05. The first-order valence-electron chi connectivity index (χ1n) is 1.82. The summed E-state index contributed by atoms with van der Waals surface area (Å²) < 4.78 is 0. The molecule has 5 heavy (non-hydrogen) atoms. The second-order valence-electron chi connectivity index (χ2n) is 1.33. The molecule has 1 atom stereocenters. The van der Waals surface area contributed by atoms with Crippen molar-refractivity contribution in [3.05, 3.63) is 0 Å². The topological polar surface area (TPSA) is 26.0 Å². The third kappa shape index (κ3) is 0.482. The van der Waals surface area contributed by atoms with Gasteiger partial charge in [-0.25, -0.2) is 0 Å². The molecule has 1 aliphatic rings. The van der Waals surface area contributed by atoms with Crippen molar-refractivity contribution >= 4 is 14.3 Å². The third-order valence-corrected chi connectivity index (χ3v) is 0.792. The molecule has 1 unspecified atom stereocenters. The van der Waals surface area contributed by atoms with Crippen molar-refractivity contribution in [1.82, 2.24) is 0 Å². The van der Waals surface area contributed by atoms with Crippen LogP contribution in [0.15, 0.2) is 0 Å². The number of rotatable bonds is 0. The molecule has 1 rings (SSSR count). The van der Waals surface area contributed by atoms with Gasteiger partial charge in [0.05, 0.1) is 14.3 Å². The molecule has 0 amide bonds. The molecule has 0 bridgehead atoms. The fourth-order valence-corrected chi connectivity index (χ4v) is 0.293. The van der Waals surface area contributed by atoms with Gasteiger partial charge in [0.25, 0.3) is 0 Å².